The predicted molar refractivity (Wildman–Crippen MR) is 110 cm³/mol. The molecule has 148 valence electrons. The Kier molecular flexibility index (Phi) is 12.9. The monoisotopic (exact) mass is 362 g/mol. The van der Waals surface area contributed by atoms with Crippen LogP contribution < -0.4 is 4.74 Å². The molecular weight excluding hydrogens is 324 g/mol. The largest absolute Gasteiger partial charge is 0.497 e. The number of benzene rings is 1. The molecule has 3 heteroatoms. The lowest BCUT2D eigenvalue weighted by Crippen LogP contribution is -2.09. The predicted octanol–water partition coefficient (Wildman–Crippen LogP) is 6.05. The first kappa shape index (κ1) is 22.7. The Morgan fingerprint density at radius 1 is 0.923 bits per heavy atom. The molecule has 0 heterocycles. The summed E-state index contributed by atoms with van der Waals surface area (Å²) in [6.07, 6.45) is 14.0. The Labute approximate surface area is 160 Å². The van der Waals surface area contributed by atoms with Gasteiger partial charge in [0.15, 0.2) is 0 Å². The van der Waals surface area contributed by atoms with Crippen LogP contribution in [0.4, 0.5) is 0 Å². The average Bonchev–Trinajstić information content (AvgIpc) is 2.65. The van der Waals surface area contributed by atoms with Crippen molar-refractivity contribution in [2.24, 2.45) is 0 Å². The van der Waals surface area contributed by atoms with Crippen molar-refractivity contribution in [1.29, 1.82) is 0 Å². The van der Waals surface area contributed by atoms with Crippen molar-refractivity contribution in [3.63, 3.8) is 0 Å². The van der Waals surface area contributed by atoms with Crippen molar-refractivity contribution in [2.75, 3.05) is 7.11 Å². The van der Waals surface area contributed by atoms with E-state index >= 15 is 0 Å². The highest BCUT2D eigenvalue weighted by Gasteiger charge is 2.05. The molecule has 1 aromatic carbocycles. The summed E-state index contributed by atoms with van der Waals surface area (Å²) in [4.78, 5) is 0. The van der Waals surface area contributed by atoms with E-state index in [1.54, 1.807) is 7.11 Å². The molecule has 0 aliphatic heterocycles. The number of aliphatic hydroxyl groups excluding tert-OH is 1. The van der Waals surface area contributed by atoms with E-state index in [-0.39, 0.29) is 12.2 Å². The van der Waals surface area contributed by atoms with Crippen LogP contribution in [0, 0.1) is 0 Å². The van der Waals surface area contributed by atoms with Crippen LogP contribution in [0.2, 0.25) is 0 Å². The Morgan fingerprint density at radius 3 is 1.96 bits per heavy atom. The molecule has 1 N–H and O–H groups in total. The molecule has 3 nitrogen and oxygen atoms in total. The topological polar surface area (TPSA) is 38.7 Å². The van der Waals surface area contributed by atoms with Crippen LogP contribution in [0.25, 0.3) is 0 Å². The quantitative estimate of drug-likeness (QED) is 0.287. The first-order valence-electron chi connectivity index (χ1n) is 10.2. The second kappa shape index (κ2) is 14.8. The first-order chi connectivity index (χ1) is 12.7. The lowest BCUT2D eigenvalue weighted by atomic mass is 10.0. The van der Waals surface area contributed by atoms with Gasteiger partial charge in [-0.1, -0.05) is 69.6 Å². The third-order valence-electron chi connectivity index (χ3n) is 4.75. The molecule has 0 aliphatic carbocycles. The van der Waals surface area contributed by atoms with E-state index in [1.807, 2.05) is 37.3 Å². The van der Waals surface area contributed by atoms with Crippen molar-refractivity contribution < 1.29 is 14.6 Å². The minimum Gasteiger partial charge on any atom is -0.497 e. The molecule has 0 fully saturated rings. The van der Waals surface area contributed by atoms with Crippen LogP contribution in [-0.4, -0.2) is 24.4 Å². The Balaban J connectivity index is 2.01. The van der Waals surface area contributed by atoms with Gasteiger partial charge in [-0.25, -0.2) is 0 Å². The van der Waals surface area contributed by atoms with Gasteiger partial charge in [-0.3, -0.25) is 0 Å². The Hall–Kier alpha value is -1.32. The maximum atomic E-state index is 9.22. The normalized spacial score (nSPS) is 13.3. The van der Waals surface area contributed by atoms with Gasteiger partial charge >= 0.3 is 0 Å². The van der Waals surface area contributed by atoms with Crippen LogP contribution in [0.1, 0.15) is 76.7 Å². The first-order valence-corrected chi connectivity index (χ1v) is 10.2. The molecular formula is C23H38O3. The number of hydrogen-bond acceptors (Lipinski definition) is 3. The molecule has 2 atom stereocenters. The van der Waals surface area contributed by atoms with Crippen LogP contribution in [0.15, 0.2) is 36.9 Å². The van der Waals surface area contributed by atoms with E-state index in [9.17, 15) is 5.11 Å². The summed E-state index contributed by atoms with van der Waals surface area (Å²) in [6, 6.07) is 8.01. The molecule has 0 bridgehead atoms. The summed E-state index contributed by atoms with van der Waals surface area (Å²) >= 11 is 0. The van der Waals surface area contributed by atoms with Gasteiger partial charge in [0, 0.05) is 0 Å². The lowest BCUT2D eigenvalue weighted by molar-refractivity contribution is 0.0649. The van der Waals surface area contributed by atoms with Gasteiger partial charge in [0.2, 0.25) is 0 Å². The highest BCUT2D eigenvalue weighted by atomic mass is 16.5. The third kappa shape index (κ3) is 11.3. The van der Waals surface area contributed by atoms with E-state index in [1.165, 1.54) is 44.9 Å². The van der Waals surface area contributed by atoms with E-state index in [4.69, 9.17) is 9.47 Å². The molecule has 0 aromatic heterocycles. The zero-order valence-corrected chi connectivity index (χ0v) is 16.8. The summed E-state index contributed by atoms with van der Waals surface area (Å²) in [7, 11) is 1.68. The average molecular weight is 363 g/mol. The van der Waals surface area contributed by atoms with Gasteiger partial charge in [0.25, 0.3) is 0 Å². The van der Waals surface area contributed by atoms with Gasteiger partial charge in [-0.05, 0) is 37.5 Å². The van der Waals surface area contributed by atoms with E-state index in [0.717, 1.165) is 30.6 Å². The highest BCUT2D eigenvalue weighted by molar-refractivity contribution is 5.26. The van der Waals surface area contributed by atoms with E-state index < -0.39 is 0 Å². The molecule has 26 heavy (non-hydrogen) atoms. The van der Waals surface area contributed by atoms with Crippen LogP contribution >= 0.6 is 0 Å². The summed E-state index contributed by atoms with van der Waals surface area (Å²) in [5.74, 6) is 0.872. The van der Waals surface area contributed by atoms with Gasteiger partial charge in [0.05, 0.1) is 25.9 Å². The second-order valence-corrected chi connectivity index (χ2v) is 7.19. The van der Waals surface area contributed by atoms with Crippen LogP contribution in [-0.2, 0) is 11.3 Å². The van der Waals surface area contributed by atoms with E-state index in [2.05, 4.69) is 6.58 Å². The van der Waals surface area contributed by atoms with Crippen molar-refractivity contribution in [1.82, 2.24) is 0 Å². The number of ether oxygens (including phenoxy) is 2. The fraction of sp³-hybridized carbons (Fsp3) is 0.652. The minimum atomic E-state index is -0.139. The molecule has 0 unspecified atom stereocenters. The van der Waals surface area contributed by atoms with Crippen molar-refractivity contribution in [2.45, 2.75) is 89.9 Å². The number of rotatable bonds is 16. The van der Waals surface area contributed by atoms with Gasteiger partial charge in [-0.2, -0.15) is 0 Å². The number of aliphatic hydroxyl groups is 1. The molecule has 0 saturated carbocycles. The third-order valence-corrected chi connectivity index (χ3v) is 4.75. The van der Waals surface area contributed by atoms with Crippen molar-refractivity contribution in [3.05, 3.63) is 42.5 Å². The molecule has 1 rings (SSSR count). The molecule has 0 radical (unpaired) electrons. The summed E-state index contributed by atoms with van der Waals surface area (Å²) in [5.41, 5.74) is 1.16. The molecule has 0 spiro atoms. The second-order valence-electron chi connectivity index (χ2n) is 7.19. The fourth-order valence-electron chi connectivity index (χ4n) is 3.04. The number of hydrogen-bond donors (Lipinski definition) is 1. The molecule has 0 saturated heterocycles. The number of methoxy groups -OCH3 is 1. The molecule has 1 aromatic rings. The fourth-order valence-corrected chi connectivity index (χ4v) is 3.04. The Morgan fingerprint density at radius 2 is 1.46 bits per heavy atom. The zero-order chi connectivity index (χ0) is 19.0. The zero-order valence-electron chi connectivity index (χ0n) is 16.8. The van der Waals surface area contributed by atoms with Gasteiger partial charge in [-0.15, -0.1) is 6.58 Å². The molecule has 0 amide bonds. The van der Waals surface area contributed by atoms with Crippen molar-refractivity contribution >= 4 is 0 Å². The van der Waals surface area contributed by atoms with Crippen LogP contribution in [0.5, 0.6) is 5.75 Å². The van der Waals surface area contributed by atoms with Gasteiger partial charge in [0.1, 0.15) is 5.75 Å². The van der Waals surface area contributed by atoms with E-state index in [0.29, 0.717) is 6.61 Å². The maximum Gasteiger partial charge on any atom is 0.118 e. The standard InChI is InChI=1S/C23H38O3/c1-4-22(26-19-21-15-17-23(25-3)18-16-21)14-12-10-8-6-5-7-9-11-13-20(2)24/h4,15-18,20,22,24H,1,5-14,19H2,2-3H3/t20-,22-/m0/s1. The smallest absolute Gasteiger partial charge is 0.118 e. The highest BCUT2D eigenvalue weighted by Crippen LogP contribution is 2.16. The van der Waals surface area contributed by atoms with Crippen LogP contribution in [0.3, 0.4) is 0 Å². The summed E-state index contributed by atoms with van der Waals surface area (Å²) < 4.78 is 11.1. The maximum absolute atomic E-state index is 9.22. The minimum absolute atomic E-state index is 0.137. The summed E-state index contributed by atoms with van der Waals surface area (Å²) in [5, 5.41) is 9.22. The molecule has 0 aliphatic rings. The lowest BCUT2D eigenvalue weighted by Gasteiger charge is -2.14. The van der Waals surface area contributed by atoms with Crippen molar-refractivity contribution in [3.8, 4) is 5.75 Å². The number of unbranched alkanes of at least 4 members (excludes halogenated alkanes) is 7. The van der Waals surface area contributed by atoms with Gasteiger partial charge < -0.3 is 14.6 Å². The summed E-state index contributed by atoms with van der Waals surface area (Å²) in [6.45, 7) is 6.40. The Bertz CT molecular complexity index is 453. The SMILES string of the molecule is C=C[C@@H](CCCCCCCCCC[C@H](C)O)OCc1ccc(OC)cc1.